The molecule has 1 aromatic heterocycles. The number of piperazine rings is 1. The van der Waals surface area contributed by atoms with Crippen molar-refractivity contribution >= 4 is 0 Å². The SMILES string of the molecule is CC1CN(Cc2cnn(C)c2)C(C(C)C)CN1. The summed E-state index contributed by atoms with van der Waals surface area (Å²) in [4.78, 5) is 2.59. The number of aryl methyl sites for hydroxylation is 1. The molecular weight excluding hydrogens is 212 g/mol. The van der Waals surface area contributed by atoms with Gasteiger partial charge in [-0.3, -0.25) is 9.58 Å². The maximum atomic E-state index is 4.25. The monoisotopic (exact) mass is 236 g/mol. The summed E-state index contributed by atoms with van der Waals surface area (Å²) in [6.45, 7) is 10.1. The number of nitrogens with one attached hydrogen (secondary N) is 1. The number of hydrogen-bond acceptors (Lipinski definition) is 3. The van der Waals surface area contributed by atoms with Crippen LogP contribution in [-0.2, 0) is 13.6 Å². The van der Waals surface area contributed by atoms with E-state index in [1.165, 1.54) is 5.56 Å². The Balaban J connectivity index is 2.04. The third-order valence-electron chi connectivity index (χ3n) is 3.57. The van der Waals surface area contributed by atoms with E-state index in [0.29, 0.717) is 18.0 Å². The molecule has 0 bridgehead atoms. The molecule has 2 unspecified atom stereocenters. The van der Waals surface area contributed by atoms with Crippen molar-refractivity contribution in [3.05, 3.63) is 18.0 Å². The lowest BCUT2D eigenvalue weighted by Crippen LogP contribution is -2.56. The lowest BCUT2D eigenvalue weighted by atomic mass is 9.98. The molecule has 0 aliphatic carbocycles. The van der Waals surface area contributed by atoms with Crippen LogP contribution < -0.4 is 5.32 Å². The molecule has 96 valence electrons. The van der Waals surface area contributed by atoms with Gasteiger partial charge in [0.25, 0.3) is 0 Å². The second-order valence-corrected chi connectivity index (χ2v) is 5.57. The molecule has 4 heteroatoms. The highest BCUT2D eigenvalue weighted by Crippen LogP contribution is 2.17. The van der Waals surface area contributed by atoms with Gasteiger partial charge in [-0.15, -0.1) is 0 Å². The molecule has 0 aromatic carbocycles. The van der Waals surface area contributed by atoms with Crippen molar-refractivity contribution in [1.82, 2.24) is 20.0 Å². The van der Waals surface area contributed by atoms with Gasteiger partial charge in [0.1, 0.15) is 0 Å². The molecule has 0 amide bonds. The van der Waals surface area contributed by atoms with E-state index in [0.717, 1.165) is 19.6 Å². The molecule has 0 spiro atoms. The summed E-state index contributed by atoms with van der Waals surface area (Å²) < 4.78 is 1.88. The molecular formula is C13H24N4. The van der Waals surface area contributed by atoms with Crippen LogP contribution in [0.5, 0.6) is 0 Å². The highest BCUT2D eigenvalue weighted by atomic mass is 15.3. The first-order chi connectivity index (χ1) is 8.06. The molecule has 1 saturated heterocycles. The quantitative estimate of drug-likeness (QED) is 0.857. The molecule has 2 rings (SSSR count). The molecule has 1 aliphatic rings. The van der Waals surface area contributed by atoms with Crippen molar-refractivity contribution in [2.75, 3.05) is 13.1 Å². The van der Waals surface area contributed by atoms with Gasteiger partial charge in [0, 0.05) is 50.5 Å². The van der Waals surface area contributed by atoms with Crippen LogP contribution in [0.25, 0.3) is 0 Å². The van der Waals surface area contributed by atoms with Gasteiger partial charge in [-0.05, 0) is 12.8 Å². The lowest BCUT2D eigenvalue weighted by molar-refractivity contribution is 0.0956. The summed E-state index contributed by atoms with van der Waals surface area (Å²) >= 11 is 0. The number of aromatic nitrogens is 2. The zero-order valence-electron chi connectivity index (χ0n) is 11.3. The van der Waals surface area contributed by atoms with E-state index in [9.17, 15) is 0 Å². The lowest BCUT2D eigenvalue weighted by Gasteiger charge is -2.41. The molecule has 2 atom stereocenters. The third-order valence-corrected chi connectivity index (χ3v) is 3.57. The normalized spacial score (nSPS) is 26.6. The second-order valence-electron chi connectivity index (χ2n) is 5.57. The molecule has 17 heavy (non-hydrogen) atoms. The highest BCUT2D eigenvalue weighted by Gasteiger charge is 2.27. The fourth-order valence-electron chi connectivity index (χ4n) is 2.63. The Bertz CT molecular complexity index is 358. The van der Waals surface area contributed by atoms with Crippen molar-refractivity contribution in [2.45, 2.75) is 39.4 Å². The molecule has 1 aromatic rings. The predicted molar refractivity (Wildman–Crippen MR) is 69.7 cm³/mol. The Labute approximate surface area is 104 Å². The highest BCUT2D eigenvalue weighted by molar-refractivity contribution is 5.04. The third kappa shape index (κ3) is 3.07. The predicted octanol–water partition coefficient (Wildman–Crippen LogP) is 1.24. The fraction of sp³-hybridized carbons (Fsp3) is 0.769. The first-order valence-electron chi connectivity index (χ1n) is 6.51. The first kappa shape index (κ1) is 12.6. The van der Waals surface area contributed by atoms with Crippen LogP contribution in [0.3, 0.4) is 0 Å². The van der Waals surface area contributed by atoms with Crippen LogP contribution >= 0.6 is 0 Å². The standard InChI is InChI=1S/C13H24N4/c1-10(2)13-6-14-11(3)7-17(13)9-12-5-15-16(4)8-12/h5,8,10-11,13-14H,6-7,9H2,1-4H3. The minimum absolute atomic E-state index is 0.585. The summed E-state index contributed by atoms with van der Waals surface area (Å²) in [6.07, 6.45) is 4.09. The minimum Gasteiger partial charge on any atom is -0.311 e. The molecule has 1 fully saturated rings. The van der Waals surface area contributed by atoms with Crippen molar-refractivity contribution < 1.29 is 0 Å². The average Bonchev–Trinajstić information content (AvgIpc) is 2.63. The Hall–Kier alpha value is -0.870. The Morgan fingerprint density at radius 2 is 2.29 bits per heavy atom. The van der Waals surface area contributed by atoms with Gasteiger partial charge in [0.2, 0.25) is 0 Å². The summed E-state index contributed by atoms with van der Waals surface area (Å²) in [5.74, 6) is 0.687. The number of nitrogens with zero attached hydrogens (tertiary/aromatic N) is 3. The van der Waals surface area contributed by atoms with E-state index in [-0.39, 0.29) is 0 Å². The van der Waals surface area contributed by atoms with Gasteiger partial charge in [0.05, 0.1) is 6.20 Å². The van der Waals surface area contributed by atoms with E-state index in [1.54, 1.807) is 0 Å². The van der Waals surface area contributed by atoms with Crippen LogP contribution in [0.1, 0.15) is 26.3 Å². The van der Waals surface area contributed by atoms with Crippen LogP contribution in [0, 0.1) is 5.92 Å². The van der Waals surface area contributed by atoms with Gasteiger partial charge >= 0.3 is 0 Å². The van der Waals surface area contributed by atoms with Gasteiger partial charge in [-0.25, -0.2) is 0 Å². The van der Waals surface area contributed by atoms with Crippen molar-refractivity contribution in [3.63, 3.8) is 0 Å². The maximum absolute atomic E-state index is 4.25. The van der Waals surface area contributed by atoms with Gasteiger partial charge in [-0.2, -0.15) is 5.10 Å². The van der Waals surface area contributed by atoms with E-state index in [2.05, 4.69) is 42.3 Å². The van der Waals surface area contributed by atoms with Crippen molar-refractivity contribution in [3.8, 4) is 0 Å². The van der Waals surface area contributed by atoms with E-state index in [4.69, 9.17) is 0 Å². The molecule has 1 aliphatic heterocycles. The molecule has 0 saturated carbocycles. The van der Waals surface area contributed by atoms with Crippen LogP contribution in [-0.4, -0.2) is 39.9 Å². The zero-order valence-corrected chi connectivity index (χ0v) is 11.3. The summed E-state index contributed by atoms with van der Waals surface area (Å²) in [5, 5.41) is 7.82. The summed E-state index contributed by atoms with van der Waals surface area (Å²) in [6, 6.07) is 1.22. The summed E-state index contributed by atoms with van der Waals surface area (Å²) in [7, 11) is 1.98. The van der Waals surface area contributed by atoms with E-state index >= 15 is 0 Å². The average molecular weight is 236 g/mol. The van der Waals surface area contributed by atoms with E-state index in [1.807, 2.05) is 17.9 Å². The number of hydrogen-bond donors (Lipinski definition) is 1. The topological polar surface area (TPSA) is 33.1 Å². The first-order valence-corrected chi connectivity index (χ1v) is 6.51. The summed E-state index contributed by atoms with van der Waals surface area (Å²) in [5.41, 5.74) is 1.31. The second kappa shape index (κ2) is 5.19. The smallest absolute Gasteiger partial charge is 0.0534 e. The van der Waals surface area contributed by atoms with Gasteiger partial charge in [0.15, 0.2) is 0 Å². The van der Waals surface area contributed by atoms with Gasteiger partial charge in [-0.1, -0.05) is 13.8 Å². The Morgan fingerprint density at radius 3 is 2.88 bits per heavy atom. The van der Waals surface area contributed by atoms with Crippen molar-refractivity contribution in [2.24, 2.45) is 13.0 Å². The fourth-order valence-corrected chi connectivity index (χ4v) is 2.63. The molecule has 1 N–H and O–H groups in total. The Morgan fingerprint density at radius 1 is 1.53 bits per heavy atom. The maximum Gasteiger partial charge on any atom is 0.0534 e. The van der Waals surface area contributed by atoms with Crippen LogP contribution in [0.2, 0.25) is 0 Å². The Kier molecular flexibility index (Phi) is 3.84. The molecule has 4 nitrogen and oxygen atoms in total. The molecule has 0 radical (unpaired) electrons. The largest absolute Gasteiger partial charge is 0.311 e. The van der Waals surface area contributed by atoms with Crippen LogP contribution in [0.4, 0.5) is 0 Å². The number of rotatable bonds is 3. The molecule has 2 heterocycles. The minimum atomic E-state index is 0.585. The zero-order chi connectivity index (χ0) is 12.4. The van der Waals surface area contributed by atoms with E-state index < -0.39 is 0 Å². The van der Waals surface area contributed by atoms with Gasteiger partial charge < -0.3 is 5.32 Å². The van der Waals surface area contributed by atoms with Crippen LogP contribution in [0.15, 0.2) is 12.4 Å². The van der Waals surface area contributed by atoms with Crippen molar-refractivity contribution in [1.29, 1.82) is 0 Å².